The first-order chi connectivity index (χ1) is 21.6. The Bertz CT molecular complexity index is 1700. The van der Waals surface area contributed by atoms with Crippen LogP contribution in [-0.4, -0.2) is 48.5 Å². The van der Waals surface area contributed by atoms with E-state index in [1.807, 2.05) is 45.0 Å². The molecule has 1 unspecified atom stereocenters. The number of nitriles is 1. The Morgan fingerprint density at radius 1 is 1.13 bits per heavy atom. The second-order valence-electron chi connectivity index (χ2n) is 11.3. The number of amides is 1. The number of rotatable bonds is 10. The van der Waals surface area contributed by atoms with Crippen LogP contribution in [0.15, 0.2) is 69.5 Å². The van der Waals surface area contributed by atoms with Crippen molar-refractivity contribution < 1.29 is 23.8 Å². The van der Waals surface area contributed by atoms with E-state index in [1.54, 1.807) is 23.1 Å². The van der Waals surface area contributed by atoms with Crippen molar-refractivity contribution in [1.82, 2.24) is 10.2 Å². The number of allylic oxidation sites excluding steroid dienone is 3. The lowest BCUT2D eigenvalue weighted by atomic mass is 9.68. The number of nitrogens with zero attached hydrogens (tertiary/aromatic N) is 4. The number of nitrogens with two attached hydrogens (primary N) is 1. The van der Waals surface area contributed by atoms with E-state index >= 15 is 0 Å². The molecular weight excluding hydrogens is 613 g/mol. The zero-order valence-electron chi connectivity index (χ0n) is 25.7. The van der Waals surface area contributed by atoms with Crippen molar-refractivity contribution in [2.75, 3.05) is 36.8 Å². The number of anilines is 2. The Labute approximate surface area is 270 Å². The second-order valence-corrected chi connectivity index (χ2v) is 13.4. The van der Waals surface area contributed by atoms with Gasteiger partial charge in [0.05, 0.1) is 44.1 Å². The maximum atomic E-state index is 13.8. The van der Waals surface area contributed by atoms with Gasteiger partial charge in [-0.2, -0.15) is 5.26 Å². The van der Waals surface area contributed by atoms with E-state index < -0.39 is 5.92 Å². The number of thioether (sulfide) groups is 1. The van der Waals surface area contributed by atoms with Crippen molar-refractivity contribution in [3.8, 4) is 23.3 Å². The highest BCUT2D eigenvalue weighted by molar-refractivity contribution is 8.01. The van der Waals surface area contributed by atoms with Crippen molar-refractivity contribution in [2.24, 2.45) is 11.1 Å². The minimum Gasteiger partial charge on any atom is -0.497 e. The Balaban J connectivity index is 1.42. The average Bonchev–Trinajstić information content (AvgIpc) is 3.47. The standard InChI is InChI=1S/C32H34N6O5S2/c1-6-43-20-9-7-18(8-10-20)27-23(16-33)29(34)38(24-14-32(2,3)15-25(39)28(24)27)30-36-37-31(45-30)44-17-26(40)35-19-11-21(41-4)13-22(12-19)42-5/h7-13,27H,6,14-15,17,34H2,1-5H3,(H,35,40). The quantitative estimate of drug-likeness (QED) is 0.264. The molecule has 45 heavy (non-hydrogen) atoms. The number of hydrogen-bond acceptors (Lipinski definition) is 12. The van der Waals surface area contributed by atoms with Crippen LogP contribution in [0.1, 0.15) is 45.1 Å². The van der Waals surface area contributed by atoms with Crippen LogP contribution in [0, 0.1) is 16.7 Å². The molecule has 234 valence electrons. The lowest BCUT2D eigenvalue weighted by Gasteiger charge is -2.42. The summed E-state index contributed by atoms with van der Waals surface area (Å²) in [6.07, 6.45) is 0.896. The third-order valence-electron chi connectivity index (χ3n) is 7.45. The molecule has 0 spiro atoms. The van der Waals surface area contributed by atoms with Gasteiger partial charge in [-0.05, 0) is 36.5 Å². The largest absolute Gasteiger partial charge is 0.497 e. The predicted octanol–water partition coefficient (Wildman–Crippen LogP) is 5.63. The molecule has 5 rings (SSSR count). The van der Waals surface area contributed by atoms with E-state index in [-0.39, 0.29) is 34.3 Å². The topological polar surface area (TPSA) is 153 Å². The summed E-state index contributed by atoms with van der Waals surface area (Å²) in [5, 5.41) is 22.3. The fourth-order valence-electron chi connectivity index (χ4n) is 5.54. The Hall–Kier alpha value is -4.54. The molecule has 2 aliphatic rings. The van der Waals surface area contributed by atoms with Crippen LogP contribution < -0.4 is 30.2 Å². The van der Waals surface area contributed by atoms with Crippen molar-refractivity contribution in [1.29, 1.82) is 5.26 Å². The Morgan fingerprint density at radius 2 is 1.82 bits per heavy atom. The number of benzene rings is 2. The summed E-state index contributed by atoms with van der Waals surface area (Å²) in [4.78, 5) is 28.2. The van der Waals surface area contributed by atoms with Crippen LogP contribution in [0.25, 0.3) is 0 Å². The molecule has 2 aromatic carbocycles. The molecule has 1 aromatic heterocycles. The van der Waals surface area contributed by atoms with Gasteiger partial charge < -0.3 is 25.3 Å². The monoisotopic (exact) mass is 646 g/mol. The summed E-state index contributed by atoms with van der Waals surface area (Å²) in [6, 6.07) is 14.8. The normalized spacial score (nSPS) is 17.5. The molecule has 1 aliphatic carbocycles. The molecule has 1 amide bonds. The highest BCUT2D eigenvalue weighted by atomic mass is 32.2. The molecule has 1 atom stereocenters. The first-order valence-corrected chi connectivity index (χ1v) is 16.1. The summed E-state index contributed by atoms with van der Waals surface area (Å²) < 4.78 is 16.7. The molecule has 0 saturated carbocycles. The third kappa shape index (κ3) is 6.77. The van der Waals surface area contributed by atoms with Gasteiger partial charge in [0.15, 0.2) is 10.1 Å². The number of Topliss-reactive ketones (excluding diaryl/α,β-unsaturated/α-hetero) is 1. The van der Waals surface area contributed by atoms with Gasteiger partial charge in [-0.15, -0.1) is 10.2 Å². The molecule has 0 saturated heterocycles. The van der Waals surface area contributed by atoms with Crippen LogP contribution in [0.3, 0.4) is 0 Å². The number of methoxy groups -OCH3 is 2. The molecule has 0 radical (unpaired) electrons. The van der Waals surface area contributed by atoms with E-state index in [0.29, 0.717) is 63.1 Å². The molecule has 0 bridgehead atoms. The van der Waals surface area contributed by atoms with Gasteiger partial charge in [0.1, 0.15) is 23.1 Å². The maximum absolute atomic E-state index is 13.8. The van der Waals surface area contributed by atoms with Crippen LogP contribution in [0.2, 0.25) is 0 Å². The van der Waals surface area contributed by atoms with E-state index in [4.69, 9.17) is 19.9 Å². The van der Waals surface area contributed by atoms with Gasteiger partial charge in [0, 0.05) is 41.6 Å². The SMILES string of the molecule is CCOc1ccc(C2C(C#N)=C(N)N(c3nnc(SCC(=O)Nc4cc(OC)cc(OC)c4)s3)C3=C2C(=O)CC(C)(C)C3)cc1. The lowest BCUT2D eigenvalue weighted by Crippen LogP contribution is -2.42. The van der Waals surface area contributed by atoms with Gasteiger partial charge in [0.25, 0.3) is 0 Å². The van der Waals surface area contributed by atoms with E-state index in [1.165, 1.54) is 37.3 Å². The fourth-order valence-corrected chi connectivity index (χ4v) is 7.22. The first kappa shape index (κ1) is 31.9. The number of nitrogens with one attached hydrogen (secondary N) is 1. The summed E-state index contributed by atoms with van der Waals surface area (Å²) in [5.74, 6) is 1.20. The van der Waals surface area contributed by atoms with Crippen molar-refractivity contribution in [3.05, 3.63) is 70.7 Å². The molecule has 11 nitrogen and oxygen atoms in total. The summed E-state index contributed by atoms with van der Waals surface area (Å²) >= 11 is 2.46. The van der Waals surface area contributed by atoms with E-state index in [0.717, 1.165) is 5.56 Å². The van der Waals surface area contributed by atoms with Crippen molar-refractivity contribution >= 4 is 45.6 Å². The van der Waals surface area contributed by atoms with Crippen molar-refractivity contribution in [3.63, 3.8) is 0 Å². The van der Waals surface area contributed by atoms with Crippen LogP contribution >= 0.6 is 23.1 Å². The number of ketones is 1. The van der Waals surface area contributed by atoms with Crippen molar-refractivity contribution in [2.45, 2.75) is 43.9 Å². The third-order valence-corrected chi connectivity index (χ3v) is 9.50. The molecule has 1 aliphatic heterocycles. The smallest absolute Gasteiger partial charge is 0.234 e. The van der Waals surface area contributed by atoms with Gasteiger partial charge in [-0.3, -0.25) is 14.5 Å². The highest BCUT2D eigenvalue weighted by Crippen LogP contribution is 2.51. The first-order valence-electron chi connectivity index (χ1n) is 14.3. The van der Waals surface area contributed by atoms with E-state index in [9.17, 15) is 14.9 Å². The highest BCUT2D eigenvalue weighted by Gasteiger charge is 2.45. The zero-order chi connectivity index (χ0) is 32.3. The molecular formula is C32H34N6O5S2. The van der Waals surface area contributed by atoms with Crippen LogP contribution in [0.5, 0.6) is 17.2 Å². The summed E-state index contributed by atoms with van der Waals surface area (Å²) in [6.45, 7) is 6.51. The molecule has 0 fully saturated rings. The average molecular weight is 647 g/mol. The van der Waals surface area contributed by atoms with Crippen LogP contribution in [0.4, 0.5) is 10.8 Å². The van der Waals surface area contributed by atoms with Gasteiger partial charge in [0.2, 0.25) is 11.0 Å². The zero-order valence-corrected chi connectivity index (χ0v) is 27.3. The summed E-state index contributed by atoms with van der Waals surface area (Å²) in [5.41, 5.74) is 9.25. The summed E-state index contributed by atoms with van der Waals surface area (Å²) in [7, 11) is 3.08. The minimum absolute atomic E-state index is 0.0321. The Kier molecular flexibility index (Phi) is 9.36. The van der Waals surface area contributed by atoms with E-state index in [2.05, 4.69) is 21.6 Å². The lowest BCUT2D eigenvalue weighted by molar-refractivity contribution is -0.118. The number of ether oxygens (including phenoxy) is 3. The molecule has 2 heterocycles. The minimum atomic E-state index is -0.610. The maximum Gasteiger partial charge on any atom is 0.234 e. The molecule has 13 heteroatoms. The molecule has 3 N–H and O–H groups in total. The molecule has 3 aromatic rings. The Morgan fingerprint density at radius 3 is 2.44 bits per heavy atom. The predicted molar refractivity (Wildman–Crippen MR) is 174 cm³/mol. The number of carbonyl (C=O) groups is 2. The second kappa shape index (κ2) is 13.2. The fraction of sp³-hybridized carbons (Fsp3) is 0.344. The number of aromatic nitrogens is 2. The van der Waals surface area contributed by atoms with Gasteiger partial charge in [-0.25, -0.2) is 0 Å². The number of hydrogen-bond donors (Lipinski definition) is 2. The van der Waals surface area contributed by atoms with Gasteiger partial charge in [-0.1, -0.05) is 49.1 Å². The van der Waals surface area contributed by atoms with Crippen LogP contribution in [-0.2, 0) is 9.59 Å². The van der Waals surface area contributed by atoms with Gasteiger partial charge >= 0.3 is 0 Å². The number of carbonyl (C=O) groups excluding carboxylic acids is 2.